The van der Waals surface area contributed by atoms with Gasteiger partial charge in [0.1, 0.15) is 6.17 Å². The summed E-state index contributed by atoms with van der Waals surface area (Å²) in [6.07, 6.45) is 3.81. The van der Waals surface area contributed by atoms with Crippen molar-refractivity contribution in [2.24, 2.45) is 0 Å². The van der Waals surface area contributed by atoms with E-state index in [9.17, 15) is 4.79 Å². The summed E-state index contributed by atoms with van der Waals surface area (Å²) in [5.41, 5.74) is 3.93. The second-order valence-electron chi connectivity index (χ2n) is 8.28. The molecule has 2 heterocycles. The van der Waals surface area contributed by atoms with E-state index >= 15 is 0 Å². The highest BCUT2D eigenvalue weighted by molar-refractivity contribution is 6.31. The van der Waals surface area contributed by atoms with Gasteiger partial charge in [-0.2, -0.15) is 0 Å². The highest BCUT2D eigenvalue weighted by Crippen LogP contribution is 2.43. The smallest absolute Gasteiger partial charge is 0.338 e. The molecule has 160 valence electrons. The summed E-state index contributed by atoms with van der Waals surface area (Å²) in [4.78, 5) is 19.1. The molecule has 2 saturated heterocycles. The van der Waals surface area contributed by atoms with Crippen molar-refractivity contribution in [3.05, 3.63) is 58.6 Å². The van der Waals surface area contributed by atoms with Crippen LogP contribution < -0.4 is 9.80 Å². The van der Waals surface area contributed by atoms with Crippen LogP contribution in [0.4, 0.5) is 11.4 Å². The Kier molecular flexibility index (Phi) is 6.21. The van der Waals surface area contributed by atoms with Gasteiger partial charge in [0.05, 0.1) is 12.2 Å². The van der Waals surface area contributed by atoms with Crippen LogP contribution >= 0.6 is 11.6 Å². The van der Waals surface area contributed by atoms with Crippen LogP contribution in [0.15, 0.2) is 42.5 Å². The van der Waals surface area contributed by atoms with Crippen LogP contribution in [0.2, 0.25) is 5.02 Å². The topological polar surface area (TPSA) is 36.0 Å². The predicted octanol–water partition coefficient (Wildman–Crippen LogP) is 4.96. The standard InChI is InChI=1S/C24H30ClN3O2/c1-4-30-24(29)17-8-10-18(11-9-17)28-16-20-7-5-6-14-27(20)23(28)21-13-12-19(26(2)3)15-22(21)25/h8-13,15,20,23H,4-7,14,16H2,1-3H3. The normalized spacial score (nSPS) is 21.4. The number of hydrogen-bond donors (Lipinski definition) is 0. The molecule has 2 aliphatic heterocycles. The van der Waals surface area contributed by atoms with Crippen molar-refractivity contribution in [1.29, 1.82) is 0 Å². The van der Waals surface area contributed by atoms with Crippen molar-refractivity contribution >= 4 is 28.9 Å². The largest absolute Gasteiger partial charge is 0.462 e. The molecule has 30 heavy (non-hydrogen) atoms. The SMILES string of the molecule is CCOC(=O)c1ccc(N2CC3CCCCN3C2c2ccc(N(C)C)cc2Cl)cc1. The van der Waals surface area contributed by atoms with E-state index in [1.54, 1.807) is 0 Å². The number of carbonyl (C=O) groups is 1. The highest BCUT2D eigenvalue weighted by Gasteiger charge is 2.42. The molecule has 0 N–H and O–H groups in total. The van der Waals surface area contributed by atoms with Gasteiger partial charge in [-0.25, -0.2) is 4.79 Å². The Morgan fingerprint density at radius 2 is 1.93 bits per heavy atom. The fraction of sp³-hybridized carbons (Fsp3) is 0.458. The van der Waals surface area contributed by atoms with Gasteiger partial charge in [0.2, 0.25) is 0 Å². The van der Waals surface area contributed by atoms with E-state index in [-0.39, 0.29) is 12.1 Å². The molecule has 2 aromatic carbocycles. The van der Waals surface area contributed by atoms with E-state index in [1.165, 1.54) is 19.3 Å². The molecule has 2 aromatic rings. The number of anilines is 2. The molecule has 0 spiro atoms. The lowest BCUT2D eigenvalue weighted by Gasteiger charge is -2.36. The lowest BCUT2D eigenvalue weighted by atomic mass is 10.0. The van der Waals surface area contributed by atoms with Crippen LogP contribution in [0.5, 0.6) is 0 Å². The zero-order valence-electron chi connectivity index (χ0n) is 18.0. The maximum absolute atomic E-state index is 12.0. The summed E-state index contributed by atoms with van der Waals surface area (Å²) < 4.78 is 5.12. The number of fused-ring (bicyclic) bond motifs is 1. The van der Waals surface area contributed by atoms with Crippen molar-refractivity contribution in [3.8, 4) is 0 Å². The molecule has 2 fully saturated rings. The van der Waals surface area contributed by atoms with E-state index < -0.39 is 0 Å². The predicted molar refractivity (Wildman–Crippen MR) is 123 cm³/mol. The zero-order chi connectivity index (χ0) is 21.3. The number of piperidine rings is 1. The summed E-state index contributed by atoms with van der Waals surface area (Å²) in [6, 6.07) is 14.7. The van der Waals surface area contributed by atoms with Crippen LogP contribution in [0.1, 0.15) is 48.3 Å². The second kappa shape index (κ2) is 8.86. The Bertz CT molecular complexity index is 900. The molecule has 0 bridgehead atoms. The molecule has 4 rings (SSSR count). The zero-order valence-corrected chi connectivity index (χ0v) is 18.7. The van der Waals surface area contributed by atoms with Crippen molar-refractivity contribution in [2.75, 3.05) is 43.6 Å². The third-order valence-electron chi connectivity index (χ3n) is 6.18. The lowest BCUT2D eigenvalue weighted by Crippen LogP contribution is -2.37. The summed E-state index contributed by atoms with van der Waals surface area (Å²) in [6.45, 7) is 4.25. The molecule has 0 radical (unpaired) electrons. The molecule has 0 aliphatic carbocycles. The van der Waals surface area contributed by atoms with Gasteiger partial charge in [-0.3, -0.25) is 4.90 Å². The summed E-state index contributed by atoms with van der Waals surface area (Å²) in [5.74, 6) is -0.276. The molecular weight excluding hydrogens is 398 g/mol. The van der Waals surface area contributed by atoms with Crippen molar-refractivity contribution < 1.29 is 9.53 Å². The van der Waals surface area contributed by atoms with Gasteiger partial charge < -0.3 is 14.5 Å². The fourth-order valence-corrected chi connectivity index (χ4v) is 4.92. The molecule has 2 unspecified atom stereocenters. The number of benzene rings is 2. The number of hydrogen-bond acceptors (Lipinski definition) is 5. The first kappa shape index (κ1) is 21.0. The van der Waals surface area contributed by atoms with E-state index in [0.29, 0.717) is 18.2 Å². The number of rotatable bonds is 5. The van der Waals surface area contributed by atoms with Crippen LogP contribution in [-0.4, -0.2) is 50.7 Å². The Labute approximate surface area is 184 Å². The molecule has 0 saturated carbocycles. The second-order valence-corrected chi connectivity index (χ2v) is 8.69. The average molecular weight is 428 g/mol. The van der Waals surface area contributed by atoms with E-state index in [0.717, 1.165) is 35.1 Å². The molecule has 0 amide bonds. The molecule has 6 heteroatoms. The van der Waals surface area contributed by atoms with Crippen molar-refractivity contribution in [3.63, 3.8) is 0 Å². The number of esters is 1. The maximum atomic E-state index is 12.0. The monoisotopic (exact) mass is 427 g/mol. The number of halogens is 1. The van der Waals surface area contributed by atoms with E-state index in [1.807, 2.05) is 45.3 Å². The Hall–Kier alpha value is -2.24. The quantitative estimate of drug-likeness (QED) is 0.630. The Morgan fingerprint density at radius 1 is 1.17 bits per heavy atom. The Balaban J connectivity index is 1.68. The maximum Gasteiger partial charge on any atom is 0.338 e. The van der Waals surface area contributed by atoms with Gasteiger partial charge in [-0.15, -0.1) is 0 Å². The van der Waals surface area contributed by atoms with Gasteiger partial charge in [0, 0.05) is 55.2 Å². The summed E-state index contributed by atoms with van der Waals surface area (Å²) in [5, 5.41) is 0.797. The minimum Gasteiger partial charge on any atom is -0.462 e. The summed E-state index contributed by atoms with van der Waals surface area (Å²) in [7, 11) is 4.05. The van der Waals surface area contributed by atoms with Crippen molar-refractivity contribution in [1.82, 2.24) is 4.90 Å². The molecule has 0 aromatic heterocycles. The molecular formula is C24H30ClN3O2. The average Bonchev–Trinajstić information content (AvgIpc) is 3.13. The first-order valence-corrected chi connectivity index (χ1v) is 11.1. The van der Waals surface area contributed by atoms with Crippen LogP contribution in [0, 0.1) is 0 Å². The lowest BCUT2D eigenvalue weighted by molar-refractivity contribution is 0.0526. The summed E-state index contributed by atoms with van der Waals surface area (Å²) >= 11 is 6.80. The first-order chi connectivity index (χ1) is 14.5. The Morgan fingerprint density at radius 3 is 2.60 bits per heavy atom. The minimum absolute atomic E-state index is 0.104. The van der Waals surface area contributed by atoms with Crippen LogP contribution in [0.3, 0.4) is 0 Å². The molecule has 2 atom stereocenters. The van der Waals surface area contributed by atoms with Gasteiger partial charge >= 0.3 is 5.97 Å². The van der Waals surface area contributed by atoms with Crippen LogP contribution in [-0.2, 0) is 4.74 Å². The van der Waals surface area contributed by atoms with Gasteiger partial charge in [0.15, 0.2) is 0 Å². The third-order valence-corrected chi connectivity index (χ3v) is 6.51. The number of ether oxygens (including phenoxy) is 1. The van der Waals surface area contributed by atoms with Gasteiger partial charge in [-0.1, -0.05) is 24.1 Å². The van der Waals surface area contributed by atoms with Gasteiger partial charge in [-0.05, 0) is 56.2 Å². The third kappa shape index (κ3) is 4.01. The molecule has 2 aliphatic rings. The minimum atomic E-state index is -0.276. The fourth-order valence-electron chi connectivity index (χ4n) is 4.65. The number of carbonyl (C=O) groups excluding carboxylic acids is 1. The first-order valence-electron chi connectivity index (χ1n) is 10.8. The van der Waals surface area contributed by atoms with Crippen LogP contribution in [0.25, 0.3) is 0 Å². The van der Waals surface area contributed by atoms with E-state index in [4.69, 9.17) is 16.3 Å². The highest BCUT2D eigenvalue weighted by atomic mass is 35.5. The van der Waals surface area contributed by atoms with E-state index in [2.05, 4.69) is 32.9 Å². The van der Waals surface area contributed by atoms with Gasteiger partial charge in [0.25, 0.3) is 0 Å². The number of nitrogens with zero attached hydrogens (tertiary/aromatic N) is 3. The van der Waals surface area contributed by atoms with Crippen molar-refractivity contribution in [2.45, 2.75) is 38.4 Å². The molecule has 5 nitrogen and oxygen atoms in total.